The summed E-state index contributed by atoms with van der Waals surface area (Å²) >= 11 is 0. The summed E-state index contributed by atoms with van der Waals surface area (Å²) in [6, 6.07) is -0.556. The normalized spacial score (nSPS) is 14.2. The van der Waals surface area contributed by atoms with Crippen molar-refractivity contribution in [1.29, 1.82) is 0 Å². The molecule has 0 saturated carbocycles. The zero-order valence-electron chi connectivity index (χ0n) is 7.24. The van der Waals surface area contributed by atoms with E-state index in [4.69, 9.17) is 5.11 Å². The van der Waals surface area contributed by atoms with E-state index >= 15 is 0 Å². The van der Waals surface area contributed by atoms with Gasteiger partial charge in [-0.3, -0.25) is 4.99 Å². The van der Waals surface area contributed by atoms with Gasteiger partial charge in [-0.25, -0.2) is 4.79 Å². The molecular formula is C8H15NO2. The molecule has 3 nitrogen and oxygen atoms in total. The molecule has 1 N–H and O–H groups in total. The van der Waals surface area contributed by atoms with E-state index in [-0.39, 0.29) is 0 Å². The lowest BCUT2D eigenvalue weighted by atomic mass is 10.0. The van der Waals surface area contributed by atoms with Crippen LogP contribution in [0.25, 0.3) is 0 Å². The number of aliphatic carboxylic acids is 1. The Bertz CT molecular complexity index is 152. The van der Waals surface area contributed by atoms with Crippen molar-refractivity contribution in [2.45, 2.75) is 33.2 Å². The summed E-state index contributed by atoms with van der Waals surface area (Å²) in [6.07, 6.45) is 2.15. The summed E-state index contributed by atoms with van der Waals surface area (Å²) in [6.45, 7) is 5.71. The van der Waals surface area contributed by atoms with Crippen molar-refractivity contribution in [2.75, 3.05) is 0 Å². The van der Waals surface area contributed by atoms with Gasteiger partial charge < -0.3 is 5.11 Å². The molecule has 0 bridgehead atoms. The molecule has 0 aliphatic heterocycles. The Morgan fingerprint density at radius 1 is 1.64 bits per heavy atom. The number of carboxylic acid groups (broad SMARTS) is 1. The topological polar surface area (TPSA) is 49.7 Å². The molecule has 0 fully saturated rings. The highest BCUT2D eigenvalue weighted by Crippen LogP contribution is 2.07. The van der Waals surface area contributed by atoms with E-state index in [0.29, 0.717) is 12.3 Å². The van der Waals surface area contributed by atoms with Crippen LogP contribution in [-0.2, 0) is 4.79 Å². The number of hydrogen-bond acceptors (Lipinski definition) is 2. The molecule has 11 heavy (non-hydrogen) atoms. The largest absolute Gasteiger partial charge is 0.480 e. The molecule has 0 aliphatic rings. The molecule has 0 amide bonds. The van der Waals surface area contributed by atoms with Crippen LogP contribution in [0.1, 0.15) is 27.2 Å². The number of nitrogens with zero attached hydrogens (tertiary/aromatic N) is 1. The van der Waals surface area contributed by atoms with E-state index in [1.54, 1.807) is 13.1 Å². The van der Waals surface area contributed by atoms with E-state index in [2.05, 4.69) is 4.99 Å². The summed E-state index contributed by atoms with van der Waals surface area (Å²) in [5.41, 5.74) is 0. The van der Waals surface area contributed by atoms with Crippen LogP contribution in [0.4, 0.5) is 0 Å². The van der Waals surface area contributed by atoms with E-state index in [0.717, 1.165) is 0 Å². The fourth-order valence-corrected chi connectivity index (χ4v) is 0.852. The second-order valence-corrected chi connectivity index (χ2v) is 2.89. The highest BCUT2D eigenvalue weighted by Gasteiger charge is 2.15. The third-order valence-electron chi connectivity index (χ3n) is 1.31. The maximum atomic E-state index is 10.5. The minimum absolute atomic E-state index is 0.375. The quantitative estimate of drug-likeness (QED) is 0.630. The smallest absolute Gasteiger partial charge is 0.328 e. The number of hydrogen-bond donors (Lipinski definition) is 1. The number of carbonyl (C=O) groups is 1. The van der Waals surface area contributed by atoms with Gasteiger partial charge >= 0.3 is 5.97 Å². The Hall–Kier alpha value is -0.860. The van der Waals surface area contributed by atoms with E-state index in [1.807, 2.05) is 13.8 Å². The Morgan fingerprint density at radius 3 is 2.45 bits per heavy atom. The highest BCUT2D eigenvalue weighted by atomic mass is 16.4. The molecule has 0 aliphatic carbocycles. The predicted octanol–water partition coefficient (Wildman–Crippen LogP) is 1.58. The summed E-state index contributed by atoms with van der Waals surface area (Å²) in [5, 5.41) is 8.64. The summed E-state index contributed by atoms with van der Waals surface area (Å²) in [4.78, 5) is 14.4. The van der Waals surface area contributed by atoms with Gasteiger partial charge in [0.15, 0.2) is 0 Å². The van der Waals surface area contributed by atoms with Crippen molar-refractivity contribution in [2.24, 2.45) is 10.9 Å². The first-order valence-corrected chi connectivity index (χ1v) is 3.78. The molecule has 0 aromatic carbocycles. The van der Waals surface area contributed by atoms with Gasteiger partial charge in [0.25, 0.3) is 0 Å². The average Bonchev–Trinajstić information content (AvgIpc) is 1.86. The molecule has 0 rings (SSSR count). The van der Waals surface area contributed by atoms with Crippen LogP contribution in [0, 0.1) is 5.92 Å². The Balaban J connectivity index is 4.00. The Morgan fingerprint density at radius 2 is 2.18 bits per heavy atom. The third-order valence-corrected chi connectivity index (χ3v) is 1.31. The van der Waals surface area contributed by atoms with Gasteiger partial charge in [-0.15, -0.1) is 0 Å². The third kappa shape index (κ3) is 4.53. The minimum Gasteiger partial charge on any atom is -0.480 e. The molecule has 3 heteroatoms. The second-order valence-electron chi connectivity index (χ2n) is 2.89. The van der Waals surface area contributed by atoms with Gasteiger partial charge in [-0.1, -0.05) is 13.8 Å². The van der Waals surface area contributed by atoms with Crippen LogP contribution in [0.5, 0.6) is 0 Å². The molecule has 0 radical (unpaired) electrons. The van der Waals surface area contributed by atoms with Gasteiger partial charge in [0.1, 0.15) is 6.04 Å². The van der Waals surface area contributed by atoms with Crippen molar-refractivity contribution in [1.82, 2.24) is 0 Å². The standard InChI is InChI=1S/C8H15NO2/c1-4-9-7(8(10)11)5-6(2)3/h4,6-7H,5H2,1-3H3,(H,10,11). The fourth-order valence-electron chi connectivity index (χ4n) is 0.852. The van der Waals surface area contributed by atoms with Crippen LogP contribution in [0.2, 0.25) is 0 Å². The predicted molar refractivity (Wildman–Crippen MR) is 45.0 cm³/mol. The molecule has 0 spiro atoms. The van der Waals surface area contributed by atoms with Gasteiger partial charge in [-0.2, -0.15) is 0 Å². The lowest BCUT2D eigenvalue weighted by molar-refractivity contribution is -0.138. The van der Waals surface area contributed by atoms with Crippen molar-refractivity contribution in [3.63, 3.8) is 0 Å². The molecule has 1 unspecified atom stereocenters. The molecule has 0 heterocycles. The summed E-state index contributed by atoms with van der Waals surface area (Å²) < 4.78 is 0. The molecule has 0 saturated heterocycles. The minimum atomic E-state index is -0.836. The number of carboxylic acids is 1. The number of rotatable bonds is 4. The van der Waals surface area contributed by atoms with E-state index < -0.39 is 12.0 Å². The first-order chi connectivity index (χ1) is 5.07. The summed E-state index contributed by atoms with van der Waals surface area (Å²) in [7, 11) is 0. The van der Waals surface area contributed by atoms with Crippen LogP contribution in [-0.4, -0.2) is 23.3 Å². The SMILES string of the molecule is CC=NC(CC(C)C)C(=O)O. The maximum Gasteiger partial charge on any atom is 0.328 e. The lowest BCUT2D eigenvalue weighted by Gasteiger charge is -2.08. The highest BCUT2D eigenvalue weighted by molar-refractivity contribution is 5.75. The number of aliphatic imine (C=N–C) groups is 1. The monoisotopic (exact) mass is 157 g/mol. The van der Waals surface area contributed by atoms with Gasteiger partial charge in [-0.05, 0) is 25.5 Å². The van der Waals surface area contributed by atoms with Crippen molar-refractivity contribution < 1.29 is 9.90 Å². The first kappa shape index (κ1) is 10.1. The van der Waals surface area contributed by atoms with Crippen molar-refractivity contribution in [3.05, 3.63) is 0 Å². The molecule has 0 aromatic heterocycles. The van der Waals surface area contributed by atoms with Gasteiger partial charge in [0, 0.05) is 0 Å². The molecule has 0 aromatic rings. The van der Waals surface area contributed by atoms with E-state index in [1.165, 1.54) is 0 Å². The molecular weight excluding hydrogens is 142 g/mol. The van der Waals surface area contributed by atoms with Crippen LogP contribution in [0.3, 0.4) is 0 Å². The molecule has 1 atom stereocenters. The van der Waals surface area contributed by atoms with Crippen LogP contribution < -0.4 is 0 Å². The van der Waals surface area contributed by atoms with E-state index in [9.17, 15) is 4.79 Å². The lowest BCUT2D eigenvalue weighted by Crippen LogP contribution is -2.19. The zero-order chi connectivity index (χ0) is 8.85. The first-order valence-electron chi connectivity index (χ1n) is 3.78. The Kier molecular flexibility index (Phi) is 4.50. The molecule has 64 valence electrons. The zero-order valence-corrected chi connectivity index (χ0v) is 7.24. The average molecular weight is 157 g/mol. The van der Waals surface area contributed by atoms with Gasteiger partial charge in [0.05, 0.1) is 0 Å². The fraction of sp³-hybridized carbons (Fsp3) is 0.750. The Labute approximate surface area is 67.1 Å². The second kappa shape index (κ2) is 4.88. The van der Waals surface area contributed by atoms with Crippen molar-refractivity contribution >= 4 is 12.2 Å². The van der Waals surface area contributed by atoms with Crippen LogP contribution >= 0.6 is 0 Å². The van der Waals surface area contributed by atoms with Crippen molar-refractivity contribution in [3.8, 4) is 0 Å². The van der Waals surface area contributed by atoms with Crippen LogP contribution in [0.15, 0.2) is 4.99 Å². The van der Waals surface area contributed by atoms with Gasteiger partial charge in [0.2, 0.25) is 0 Å². The maximum absolute atomic E-state index is 10.5. The summed E-state index contributed by atoms with van der Waals surface area (Å²) in [5.74, 6) is -0.461.